The van der Waals surface area contributed by atoms with Crippen molar-refractivity contribution in [2.45, 2.75) is 19.8 Å². The molecule has 21 heavy (non-hydrogen) atoms. The second-order valence-corrected chi connectivity index (χ2v) is 5.49. The number of likely N-dealkylation sites (tertiary alicyclic amines) is 1. The fourth-order valence-corrected chi connectivity index (χ4v) is 2.75. The van der Waals surface area contributed by atoms with Crippen LogP contribution < -0.4 is 10.9 Å². The van der Waals surface area contributed by atoms with E-state index < -0.39 is 0 Å². The third-order valence-corrected chi connectivity index (χ3v) is 3.80. The lowest BCUT2D eigenvalue weighted by Crippen LogP contribution is -2.30. The zero-order valence-corrected chi connectivity index (χ0v) is 12.0. The summed E-state index contributed by atoms with van der Waals surface area (Å²) in [5, 5.41) is 3.74. The third-order valence-electron chi connectivity index (χ3n) is 3.80. The molecule has 1 saturated heterocycles. The van der Waals surface area contributed by atoms with Gasteiger partial charge in [0.25, 0.3) is 0 Å². The van der Waals surface area contributed by atoms with Gasteiger partial charge in [-0.2, -0.15) is 0 Å². The Morgan fingerprint density at radius 1 is 1.29 bits per heavy atom. The van der Waals surface area contributed by atoms with Crippen molar-refractivity contribution in [3.05, 3.63) is 40.2 Å². The molecule has 5 heteroatoms. The molecular weight excluding hydrogens is 268 g/mol. The number of aryl methyl sites for hydroxylation is 1. The predicted octanol–water partition coefficient (Wildman–Crippen LogP) is 2.14. The summed E-state index contributed by atoms with van der Waals surface area (Å²) in [4.78, 5) is 25.5. The molecule has 0 radical (unpaired) electrons. The quantitative estimate of drug-likeness (QED) is 0.878. The fourth-order valence-electron chi connectivity index (χ4n) is 2.75. The molecule has 1 aliphatic heterocycles. The molecular formula is C16H18N2O3. The maximum absolute atomic E-state index is 12.0. The number of hydrogen-bond donors (Lipinski definition) is 1. The topological polar surface area (TPSA) is 62.6 Å². The minimum absolute atomic E-state index is 0.0359. The van der Waals surface area contributed by atoms with Crippen LogP contribution in [0.5, 0.6) is 0 Å². The minimum atomic E-state index is -0.374. The Bertz CT molecular complexity index is 730. The maximum atomic E-state index is 12.0. The monoisotopic (exact) mass is 286 g/mol. The van der Waals surface area contributed by atoms with Crippen LogP contribution >= 0.6 is 0 Å². The van der Waals surface area contributed by atoms with Gasteiger partial charge in [0.15, 0.2) is 0 Å². The number of amides is 1. The van der Waals surface area contributed by atoms with Gasteiger partial charge in [-0.25, -0.2) is 4.79 Å². The van der Waals surface area contributed by atoms with Crippen molar-refractivity contribution in [3.63, 3.8) is 0 Å². The Labute approximate surface area is 122 Å². The number of rotatable bonds is 3. The second-order valence-electron chi connectivity index (χ2n) is 5.49. The van der Waals surface area contributed by atoms with E-state index in [4.69, 9.17) is 4.42 Å². The highest BCUT2D eigenvalue weighted by molar-refractivity contribution is 5.94. The SMILES string of the molecule is Cc1cc(=O)oc2cc(NC(=O)CN3CCCC3)ccc12. The summed E-state index contributed by atoms with van der Waals surface area (Å²) in [5.74, 6) is -0.0359. The molecule has 2 aromatic rings. The smallest absolute Gasteiger partial charge is 0.336 e. The van der Waals surface area contributed by atoms with Gasteiger partial charge in [0.2, 0.25) is 5.91 Å². The van der Waals surface area contributed by atoms with Crippen molar-refractivity contribution in [1.82, 2.24) is 4.90 Å². The van der Waals surface area contributed by atoms with Crippen LogP contribution in [0.3, 0.4) is 0 Å². The first kappa shape index (κ1) is 13.8. The van der Waals surface area contributed by atoms with E-state index in [1.165, 1.54) is 6.07 Å². The number of fused-ring (bicyclic) bond motifs is 1. The van der Waals surface area contributed by atoms with E-state index in [9.17, 15) is 9.59 Å². The third kappa shape index (κ3) is 3.13. The summed E-state index contributed by atoms with van der Waals surface area (Å²) in [6, 6.07) is 6.86. The Kier molecular flexibility index (Phi) is 3.75. The molecule has 1 fully saturated rings. The highest BCUT2D eigenvalue weighted by atomic mass is 16.4. The largest absolute Gasteiger partial charge is 0.423 e. The molecule has 0 spiro atoms. The Morgan fingerprint density at radius 3 is 2.81 bits per heavy atom. The van der Waals surface area contributed by atoms with Crippen LogP contribution in [0.1, 0.15) is 18.4 Å². The van der Waals surface area contributed by atoms with E-state index in [0.29, 0.717) is 17.8 Å². The van der Waals surface area contributed by atoms with E-state index >= 15 is 0 Å². The summed E-state index contributed by atoms with van der Waals surface area (Å²) in [6.45, 7) is 4.25. The standard InChI is InChI=1S/C16H18N2O3/c1-11-8-16(20)21-14-9-12(4-5-13(11)14)17-15(19)10-18-6-2-3-7-18/h4-5,8-9H,2-3,6-7,10H2,1H3,(H,17,19). The summed E-state index contributed by atoms with van der Waals surface area (Å²) in [5.41, 5.74) is 1.65. The number of hydrogen-bond acceptors (Lipinski definition) is 4. The highest BCUT2D eigenvalue weighted by Gasteiger charge is 2.15. The number of carbonyl (C=O) groups is 1. The van der Waals surface area contributed by atoms with Crippen LogP contribution in [-0.2, 0) is 4.79 Å². The lowest BCUT2D eigenvalue weighted by atomic mass is 10.1. The van der Waals surface area contributed by atoms with Crippen molar-refractivity contribution < 1.29 is 9.21 Å². The molecule has 1 aromatic carbocycles. The summed E-state index contributed by atoms with van der Waals surface area (Å²) < 4.78 is 5.18. The molecule has 110 valence electrons. The first-order valence-corrected chi connectivity index (χ1v) is 7.18. The van der Waals surface area contributed by atoms with Gasteiger partial charge < -0.3 is 9.73 Å². The Balaban J connectivity index is 1.77. The van der Waals surface area contributed by atoms with Crippen LogP contribution in [0.15, 0.2) is 33.5 Å². The van der Waals surface area contributed by atoms with Gasteiger partial charge in [-0.15, -0.1) is 0 Å². The lowest BCUT2D eigenvalue weighted by Gasteiger charge is -2.14. The Hall–Kier alpha value is -2.14. The fraction of sp³-hybridized carbons (Fsp3) is 0.375. The molecule has 3 rings (SSSR count). The van der Waals surface area contributed by atoms with Crippen LogP contribution in [0.2, 0.25) is 0 Å². The van der Waals surface area contributed by atoms with Gasteiger partial charge in [-0.1, -0.05) is 0 Å². The van der Waals surface area contributed by atoms with E-state index in [1.807, 2.05) is 19.1 Å². The molecule has 0 bridgehead atoms. The predicted molar refractivity (Wildman–Crippen MR) is 81.5 cm³/mol. The molecule has 0 saturated carbocycles. The normalized spacial score (nSPS) is 15.5. The first-order valence-electron chi connectivity index (χ1n) is 7.18. The summed E-state index contributed by atoms with van der Waals surface area (Å²) in [6.07, 6.45) is 2.32. The summed E-state index contributed by atoms with van der Waals surface area (Å²) in [7, 11) is 0. The van der Waals surface area contributed by atoms with Gasteiger partial charge in [0, 0.05) is 23.2 Å². The average Bonchev–Trinajstić information content (AvgIpc) is 2.90. The van der Waals surface area contributed by atoms with Crippen LogP contribution in [0, 0.1) is 6.92 Å². The molecule has 2 heterocycles. The van der Waals surface area contributed by atoms with Crippen molar-refractivity contribution in [2.75, 3.05) is 25.0 Å². The molecule has 1 amide bonds. The molecule has 5 nitrogen and oxygen atoms in total. The van der Waals surface area contributed by atoms with Crippen molar-refractivity contribution in [2.24, 2.45) is 0 Å². The second kappa shape index (κ2) is 5.69. The van der Waals surface area contributed by atoms with Gasteiger partial charge in [0.1, 0.15) is 5.58 Å². The Morgan fingerprint density at radius 2 is 2.05 bits per heavy atom. The molecule has 1 aliphatic rings. The molecule has 0 atom stereocenters. The van der Waals surface area contributed by atoms with E-state index in [1.54, 1.807) is 6.07 Å². The van der Waals surface area contributed by atoms with E-state index in [0.717, 1.165) is 36.9 Å². The van der Waals surface area contributed by atoms with Gasteiger partial charge in [0.05, 0.1) is 6.54 Å². The van der Waals surface area contributed by atoms with Crippen LogP contribution in [0.25, 0.3) is 11.0 Å². The van der Waals surface area contributed by atoms with Crippen molar-refractivity contribution in [3.8, 4) is 0 Å². The molecule has 1 N–H and O–H groups in total. The van der Waals surface area contributed by atoms with Crippen LogP contribution in [0.4, 0.5) is 5.69 Å². The van der Waals surface area contributed by atoms with E-state index in [-0.39, 0.29) is 11.5 Å². The van der Waals surface area contributed by atoms with Gasteiger partial charge in [-0.05, 0) is 50.6 Å². The van der Waals surface area contributed by atoms with E-state index in [2.05, 4.69) is 10.2 Å². The average molecular weight is 286 g/mol. The number of carbonyl (C=O) groups excluding carboxylic acids is 1. The number of anilines is 1. The van der Waals surface area contributed by atoms with Crippen molar-refractivity contribution in [1.29, 1.82) is 0 Å². The number of nitrogens with one attached hydrogen (secondary N) is 1. The number of nitrogens with zero attached hydrogens (tertiary/aromatic N) is 1. The maximum Gasteiger partial charge on any atom is 0.336 e. The molecule has 1 aromatic heterocycles. The summed E-state index contributed by atoms with van der Waals surface area (Å²) >= 11 is 0. The lowest BCUT2D eigenvalue weighted by molar-refractivity contribution is -0.117. The first-order chi connectivity index (χ1) is 10.1. The van der Waals surface area contributed by atoms with Gasteiger partial charge in [-0.3, -0.25) is 9.69 Å². The number of benzene rings is 1. The van der Waals surface area contributed by atoms with Crippen LogP contribution in [-0.4, -0.2) is 30.4 Å². The zero-order valence-electron chi connectivity index (χ0n) is 12.0. The highest BCUT2D eigenvalue weighted by Crippen LogP contribution is 2.20. The molecule has 0 unspecified atom stereocenters. The van der Waals surface area contributed by atoms with Crippen molar-refractivity contribution >= 4 is 22.6 Å². The molecule has 0 aliphatic carbocycles. The minimum Gasteiger partial charge on any atom is -0.423 e. The zero-order chi connectivity index (χ0) is 14.8. The van der Waals surface area contributed by atoms with Gasteiger partial charge >= 0.3 is 5.63 Å².